The predicted molar refractivity (Wildman–Crippen MR) is 99.7 cm³/mol. The number of phenols is 1. The van der Waals surface area contributed by atoms with Crippen molar-refractivity contribution in [2.24, 2.45) is 0 Å². The molecule has 4 amide bonds. The summed E-state index contributed by atoms with van der Waals surface area (Å²) >= 11 is 0. The summed E-state index contributed by atoms with van der Waals surface area (Å²) in [4.78, 5) is 48.2. The zero-order valence-electron chi connectivity index (χ0n) is 14.9. The van der Waals surface area contributed by atoms with E-state index in [9.17, 15) is 29.6 Å². The molecule has 1 aliphatic heterocycles. The van der Waals surface area contributed by atoms with E-state index in [1.165, 1.54) is 6.07 Å². The smallest absolute Gasteiger partial charge is 0.335 e. The lowest BCUT2D eigenvalue weighted by Crippen LogP contribution is -2.54. The van der Waals surface area contributed by atoms with Gasteiger partial charge in [-0.05, 0) is 54.8 Å². The lowest BCUT2D eigenvalue weighted by atomic mass is 10.0. The number of carbonyl (C=O) groups excluding carboxylic acids is 3. The molecule has 1 aliphatic rings. The fourth-order valence-electron chi connectivity index (χ4n) is 2.70. The number of nitrogens with one attached hydrogen (secondary N) is 1. The number of anilines is 1. The molecule has 1 fully saturated rings. The van der Waals surface area contributed by atoms with Crippen LogP contribution in [0.3, 0.4) is 0 Å². The number of imide groups is 2. The van der Waals surface area contributed by atoms with Crippen LogP contribution < -0.4 is 10.2 Å². The summed E-state index contributed by atoms with van der Waals surface area (Å²) in [6.07, 6.45) is 1.13. The van der Waals surface area contributed by atoms with E-state index in [0.29, 0.717) is 5.69 Å². The Kier molecular flexibility index (Phi) is 4.66. The summed E-state index contributed by atoms with van der Waals surface area (Å²) in [5, 5.41) is 22.6. The Balaban J connectivity index is 2.05. The van der Waals surface area contributed by atoms with Gasteiger partial charge in [-0.3, -0.25) is 25.0 Å². The molecule has 28 heavy (non-hydrogen) atoms. The lowest BCUT2D eigenvalue weighted by Gasteiger charge is -2.26. The van der Waals surface area contributed by atoms with Crippen LogP contribution in [0.5, 0.6) is 5.75 Å². The molecule has 0 bridgehead atoms. The number of hydrogen-bond donors (Lipinski definition) is 2. The van der Waals surface area contributed by atoms with Crippen molar-refractivity contribution in [1.82, 2.24) is 5.32 Å². The van der Waals surface area contributed by atoms with E-state index in [0.717, 1.165) is 34.2 Å². The summed E-state index contributed by atoms with van der Waals surface area (Å²) in [7, 11) is 0. The Labute approximate surface area is 159 Å². The molecule has 2 aromatic rings. The second kappa shape index (κ2) is 6.95. The quantitative estimate of drug-likeness (QED) is 0.364. The Morgan fingerprint density at radius 1 is 1.07 bits per heavy atom. The molecule has 3 rings (SSSR count). The van der Waals surface area contributed by atoms with Crippen molar-refractivity contribution in [2.45, 2.75) is 13.8 Å². The number of amides is 4. The summed E-state index contributed by atoms with van der Waals surface area (Å²) in [5.74, 6) is -2.31. The van der Waals surface area contributed by atoms with Gasteiger partial charge in [-0.2, -0.15) is 0 Å². The SMILES string of the molecule is Cc1ccc(N2C(=O)NC(=O)/C(=C/c3ccc(O)c([N+](=O)[O-])c3)C2=O)cc1C. The first-order valence-corrected chi connectivity index (χ1v) is 8.15. The molecule has 9 nitrogen and oxygen atoms in total. The average molecular weight is 381 g/mol. The molecule has 0 aromatic heterocycles. The number of aromatic hydroxyl groups is 1. The Morgan fingerprint density at radius 3 is 2.43 bits per heavy atom. The largest absolute Gasteiger partial charge is 0.502 e. The van der Waals surface area contributed by atoms with Gasteiger partial charge in [0.25, 0.3) is 11.8 Å². The monoisotopic (exact) mass is 381 g/mol. The number of barbiturate groups is 1. The number of carbonyl (C=O) groups is 3. The lowest BCUT2D eigenvalue weighted by molar-refractivity contribution is -0.385. The average Bonchev–Trinajstić information content (AvgIpc) is 2.62. The van der Waals surface area contributed by atoms with Gasteiger partial charge in [-0.15, -0.1) is 0 Å². The number of urea groups is 1. The number of nitro groups is 1. The van der Waals surface area contributed by atoms with Crippen LogP contribution >= 0.6 is 0 Å². The first-order chi connectivity index (χ1) is 13.2. The highest BCUT2D eigenvalue weighted by Crippen LogP contribution is 2.28. The highest BCUT2D eigenvalue weighted by atomic mass is 16.6. The van der Waals surface area contributed by atoms with Crippen LogP contribution in [0.25, 0.3) is 6.08 Å². The highest BCUT2D eigenvalue weighted by Gasteiger charge is 2.37. The minimum Gasteiger partial charge on any atom is -0.502 e. The maximum atomic E-state index is 12.8. The van der Waals surface area contributed by atoms with Gasteiger partial charge in [0.2, 0.25) is 0 Å². The zero-order valence-corrected chi connectivity index (χ0v) is 14.9. The Bertz CT molecular complexity index is 1070. The van der Waals surface area contributed by atoms with Gasteiger partial charge < -0.3 is 5.11 Å². The van der Waals surface area contributed by atoms with Gasteiger partial charge in [0.1, 0.15) is 5.57 Å². The Morgan fingerprint density at radius 2 is 1.79 bits per heavy atom. The van der Waals surface area contributed by atoms with Crippen molar-refractivity contribution in [3.8, 4) is 5.75 Å². The van der Waals surface area contributed by atoms with E-state index < -0.39 is 34.2 Å². The molecule has 0 spiro atoms. The van der Waals surface area contributed by atoms with E-state index in [4.69, 9.17) is 0 Å². The Hall–Kier alpha value is -4.01. The van der Waals surface area contributed by atoms with Crippen LogP contribution in [-0.2, 0) is 9.59 Å². The third-order valence-corrected chi connectivity index (χ3v) is 4.36. The number of benzene rings is 2. The van der Waals surface area contributed by atoms with Gasteiger partial charge in [0.15, 0.2) is 5.75 Å². The first-order valence-electron chi connectivity index (χ1n) is 8.15. The van der Waals surface area contributed by atoms with Crippen LogP contribution in [0.15, 0.2) is 42.0 Å². The van der Waals surface area contributed by atoms with Gasteiger partial charge in [0, 0.05) is 6.07 Å². The van der Waals surface area contributed by atoms with E-state index in [1.807, 2.05) is 13.8 Å². The van der Waals surface area contributed by atoms with Crippen molar-refractivity contribution in [1.29, 1.82) is 0 Å². The molecule has 2 N–H and O–H groups in total. The first kappa shape index (κ1) is 18.8. The summed E-state index contributed by atoms with van der Waals surface area (Å²) in [6, 6.07) is 7.51. The molecule has 0 atom stereocenters. The molecular weight excluding hydrogens is 366 g/mol. The molecule has 1 heterocycles. The van der Waals surface area contributed by atoms with Crippen molar-refractivity contribution >= 4 is 35.3 Å². The molecule has 9 heteroatoms. The van der Waals surface area contributed by atoms with Crippen molar-refractivity contribution < 1.29 is 24.4 Å². The molecule has 0 saturated carbocycles. The maximum absolute atomic E-state index is 12.8. The van der Waals surface area contributed by atoms with Gasteiger partial charge in [0.05, 0.1) is 10.6 Å². The minimum atomic E-state index is -0.911. The predicted octanol–water partition coefficient (Wildman–Crippen LogP) is 2.58. The molecule has 142 valence electrons. The third-order valence-electron chi connectivity index (χ3n) is 4.36. The number of phenolic OH excluding ortho intramolecular Hbond substituents is 1. The molecular formula is C19H15N3O6. The molecule has 0 aliphatic carbocycles. The van der Waals surface area contributed by atoms with Crippen LogP contribution in [-0.4, -0.2) is 27.9 Å². The number of hydrogen-bond acceptors (Lipinski definition) is 6. The number of aryl methyl sites for hydroxylation is 2. The van der Waals surface area contributed by atoms with Crippen molar-refractivity contribution in [3.63, 3.8) is 0 Å². The van der Waals surface area contributed by atoms with Gasteiger partial charge in [-0.1, -0.05) is 12.1 Å². The van der Waals surface area contributed by atoms with E-state index in [2.05, 4.69) is 5.32 Å². The maximum Gasteiger partial charge on any atom is 0.335 e. The molecule has 1 saturated heterocycles. The molecule has 0 unspecified atom stereocenters. The number of nitro benzene ring substituents is 1. The van der Waals surface area contributed by atoms with E-state index in [1.54, 1.807) is 18.2 Å². The number of nitrogens with zero attached hydrogens (tertiary/aromatic N) is 2. The summed E-state index contributed by atoms with van der Waals surface area (Å²) in [5.41, 5.74) is 1.34. The van der Waals surface area contributed by atoms with Gasteiger partial charge in [-0.25, -0.2) is 9.69 Å². The fraction of sp³-hybridized carbons (Fsp3) is 0.105. The highest BCUT2D eigenvalue weighted by molar-refractivity contribution is 6.39. The third kappa shape index (κ3) is 3.32. The van der Waals surface area contributed by atoms with Crippen molar-refractivity contribution in [2.75, 3.05) is 4.90 Å². The topological polar surface area (TPSA) is 130 Å². The second-order valence-electron chi connectivity index (χ2n) is 6.23. The van der Waals surface area contributed by atoms with E-state index >= 15 is 0 Å². The number of rotatable bonds is 3. The molecule has 2 aromatic carbocycles. The van der Waals surface area contributed by atoms with Crippen LogP contribution in [0.2, 0.25) is 0 Å². The van der Waals surface area contributed by atoms with Gasteiger partial charge >= 0.3 is 11.7 Å². The zero-order chi connectivity index (χ0) is 20.6. The standard InChI is InChI=1S/C19H15N3O6/c1-10-3-5-13(7-11(10)2)21-18(25)14(17(24)20-19(21)26)8-12-4-6-16(23)15(9-12)22(27)28/h3-9,23H,1-2H3,(H,20,24,26)/b14-8-. The summed E-state index contributed by atoms with van der Waals surface area (Å²) < 4.78 is 0. The fourth-order valence-corrected chi connectivity index (χ4v) is 2.70. The summed E-state index contributed by atoms with van der Waals surface area (Å²) in [6.45, 7) is 3.70. The van der Waals surface area contributed by atoms with Crippen LogP contribution in [0.4, 0.5) is 16.2 Å². The van der Waals surface area contributed by atoms with E-state index in [-0.39, 0.29) is 11.1 Å². The minimum absolute atomic E-state index is 0.150. The van der Waals surface area contributed by atoms with Crippen LogP contribution in [0.1, 0.15) is 16.7 Å². The second-order valence-corrected chi connectivity index (χ2v) is 6.23. The van der Waals surface area contributed by atoms with Crippen LogP contribution in [0, 0.1) is 24.0 Å². The normalized spacial score (nSPS) is 15.7. The van der Waals surface area contributed by atoms with Crippen molar-refractivity contribution in [3.05, 3.63) is 68.8 Å². The molecule has 0 radical (unpaired) electrons.